The number of nitrogens with zero attached hydrogens (tertiary/aromatic N) is 1. The summed E-state index contributed by atoms with van der Waals surface area (Å²) < 4.78 is 5.11. The van der Waals surface area contributed by atoms with Gasteiger partial charge in [-0.25, -0.2) is 0 Å². The quantitative estimate of drug-likeness (QED) is 0.921. The molecule has 1 unspecified atom stereocenters. The first kappa shape index (κ1) is 14.6. The van der Waals surface area contributed by atoms with E-state index in [9.17, 15) is 9.90 Å². The van der Waals surface area contributed by atoms with Crippen molar-refractivity contribution in [3.05, 3.63) is 52.2 Å². The lowest BCUT2D eigenvalue weighted by Crippen LogP contribution is -2.33. The van der Waals surface area contributed by atoms with Crippen LogP contribution in [0.1, 0.15) is 22.0 Å². The lowest BCUT2D eigenvalue weighted by molar-refractivity contribution is 0.0659. The Hall–Kier alpha value is -1.85. The first-order valence-electron chi connectivity index (χ1n) is 6.21. The van der Waals surface area contributed by atoms with Crippen LogP contribution in [0.5, 0.6) is 5.75 Å². The number of hydrogen-bond acceptors (Lipinski definition) is 4. The van der Waals surface area contributed by atoms with Gasteiger partial charge in [0.05, 0.1) is 25.3 Å². The predicted molar refractivity (Wildman–Crippen MR) is 79.2 cm³/mol. The maximum atomic E-state index is 12.3. The van der Waals surface area contributed by atoms with Crippen molar-refractivity contribution in [1.82, 2.24) is 4.90 Å². The second-order valence-electron chi connectivity index (χ2n) is 4.40. The van der Waals surface area contributed by atoms with E-state index in [0.29, 0.717) is 5.56 Å². The number of hydrogen-bond donors (Lipinski definition) is 1. The van der Waals surface area contributed by atoms with E-state index in [4.69, 9.17) is 4.74 Å². The zero-order valence-corrected chi connectivity index (χ0v) is 12.3. The maximum absolute atomic E-state index is 12.3. The van der Waals surface area contributed by atoms with E-state index < -0.39 is 0 Å². The molecule has 1 N–H and O–H groups in total. The Balaban J connectivity index is 2.20. The van der Waals surface area contributed by atoms with Gasteiger partial charge in [-0.3, -0.25) is 4.79 Å². The number of amides is 1. The highest BCUT2D eigenvalue weighted by atomic mass is 32.1. The number of likely N-dealkylation sites (N-methyl/N-ethyl adjacent to an activating group) is 1. The number of benzene rings is 1. The minimum absolute atomic E-state index is 0.0962. The Morgan fingerprint density at radius 1 is 1.35 bits per heavy atom. The van der Waals surface area contributed by atoms with Crippen LogP contribution in [0.15, 0.2) is 41.1 Å². The molecule has 1 aromatic carbocycles. The molecule has 5 heteroatoms. The molecular weight excluding hydrogens is 274 g/mol. The molecule has 2 aromatic rings. The summed E-state index contributed by atoms with van der Waals surface area (Å²) in [6.45, 7) is -0.126. The van der Waals surface area contributed by atoms with Crippen LogP contribution < -0.4 is 4.74 Å². The average molecular weight is 291 g/mol. The summed E-state index contributed by atoms with van der Waals surface area (Å²) in [5.41, 5.74) is 1.52. The Morgan fingerprint density at radius 2 is 2.05 bits per heavy atom. The van der Waals surface area contributed by atoms with Crippen LogP contribution in [0.2, 0.25) is 0 Å². The van der Waals surface area contributed by atoms with Crippen molar-refractivity contribution in [1.29, 1.82) is 0 Å². The number of aliphatic hydroxyl groups excluding tert-OH is 1. The molecule has 0 bridgehead atoms. The first-order chi connectivity index (χ1) is 9.67. The molecule has 1 atom stereocenters. The molecule has 0 radical (unpaired) electrons. The van der Waals surface area contributed by atoms with Crippen LogP contribution in [0, 0.1) is 0 Å². The molecule has 1 aromatic heterocycles. The SMILES string of the molecule is COc1ccc(C(CO)N(C)C(=O)c2ccsc2)cc1. The Morgan fingerprint density at radius 3 is 2.55 bits per heavy atom. The standard InChI is InChI=1S/C15H17NO3S/c1-16(15(18)12-7-8-20-10-12)14(9-17)11-3-5-13(19-2)6-4-11/h3-8,10,14,17H,9H2,1-2H3. The van der Waals surface area contributed by atoms with Crippen LogP contribution >= 0.6 is 11.3 Å². The number of carbonyl (C=O) groups is 1. The fourth-order valence-electron chi connectivity index (χ4n) is 2.01. The van der Waals surface area contributed by atoms with E-state index in [1.807, 2.05) is 29.6 Å². The molecule has 20 heavy (non-hydrogen) atoms. The van der Waals surface area contributed by atoms with Gasteiger partial charge in [0, 0.05) is 12.4 Å². The molecule has 0 aliphatic carbocycles. The van der Waals surface area contributed by atoms with Crippen molar-refractivity contribution in [2.45, 2.75) is 6.04 Å². The number of aliphatic hydroxyl groups is 1. The molecule has 106 valence electrons. The highest BCUT2D eigenvalue weighted by Gasteiger charge is 2.22. The van der Waals surface area contributed by atoms with Gasteiger partial charge >= 0.3 is 0 Å². The zero-order valence-electron chi connectivity index (χ0n) is 11.4. The maximum Gasteiger partial charge on any atom is 0.255 e. The fourth-order valence-corrected chi connectivity index (χ4v) is 2.64. The average Bonchev–Trinajstić information content (AvgIpc) is 3.02. The second-order valence-corrected chi connectivity index (χ2v) is 5.18. The number of carbonyl (C=O) groups excluding carboxylic acids is 1. The Kier molecular flexibility index (Phi) is 4.76. The zero-order chi connectivity index (χ0) is 14.5. The van der Waals surface area contributed by atoms with Gasteiger partial charge in [0.15, 0.2) is 0 Å². The van der Waals surface area contributed by atoms with Gasteiger partial charge in [-0.15, -0.1) is 0 Å². The monoisotopic (exact) mass is 291 g/mol. The molecular formula is C15H17NO3S. The molecule has 0 aliphatic heterocycles. The van der Waals surface area contributed by atoms with Crippen LogP contribution in [-0.2, 0) is 0 Å². The van der Waals surface area contributed by atoms with E-state index in [1.54, 1.807) is 30.5 Å². The van der Waals surface area contributed by atoms with Crippen molar-refractivity contribution in [3.8, 4) is 5.75 Å². The first-order valence-corrected chi connectivity index (χ1v) is 7.15. The highest BCUT2D eigenvalue weighted by Crippen LogP contribution is 2.23. The molecule has 0 aliphatic rings. The van der Waals surface area contributed by atoms with E-state index >= 15 is 0 Å². The molecule has 0 fully saturated rings. The summed E-state index contributed by atoms with van der Waals surface area (Å²) in [6.07, 6.45) is 0. The van der Waals surface area contributed by atoms with Gasteiger partial charge in [0.25, 0.3) is 5.91 Å². The summed E-state index contributed by atoms with van der Waals surface area (Å²) in [5.74, 6) is 0.651. The van der Waals surface area contributed by atoms with Gasteiger partial charge in [-0.1, -0.05) is 12.1 Å². The number of ether oxygens (including phenoxy) is 1. The normalized spacial score (nSPS) is 11.9. The van der Waals surface area contributed by atoms with Crippen molar-refractivity contribution in [2.75, 3.05) is 20.8 Å². The van der Waals surface area contributed by atoms with Crippen molar-refractivity contribution in [3.63, 3.8) is 0 Å². The largest absolute Gasteiger partial charge is 0.497 e. The van der Waals surface area contributed by atoms with Gasteiger partial charge in [-0.2, -0.15) is 11.3 Å². The number of thiophene rings is 1. The summed E-state index contributed by atoms with van der Waals surface area (Å²) >= 11 is 1.48. The third-order valence-corrected chi connectivity index (χ3v) is 3.91. The van der Waals surface area contributed by atoms with Crippen LogP contribution in [0.25, 0.3) is 0 Å². The van der Waals surface area contributed by atoms with E-state index in [1.165, 1.54) is 11.3 Å². The predicted octanol–water partition coefficient (Wildman–Crippen LogP) is 2.56. The van der Waals surface area contributed by atoms with Crippen LogP contribution in [0.4, 0.5) is 0 Å². The Bertz CT molecular complexity index is 551. The molecule has 2 rings (SSSR count). The fraction of sp³-hybridized carbons (Fsp3) is 0.267. The molecule has 1 amide bonds. The third kappa shape index (κ3) is 3.00. The minimum Gasteiger partial charge on any atom is -0.497 e. The number of rotatable bonds is 5. The minimum atomic E-state index is -0.367. The molecule has 1 heterocycles. The molecule has 4 nitrogen and oxygen atoms in total. The van der Waals surface area contributed by atoms with E-state index in [-0.39, 0.29) is 18.6 Å². The van der Waals surface area contributed by atoms with Crippen molar-refractivity contribution >= 4 is 17.2 Å². The smallest absolute Gasteiger partial charge is 0.255 e. The molecule has 0 saturated carbocycles. The summed E-state index contributed by atoms with van der Waals surface area (Å²) in [5, 5.41) is 13.3. The van der Waals surface area contributed by atoms with Gasteiger partial charge in [-0.05, 0) is 29.1 Å². The topological polar surface area (TPSA) is 49.8 Å². The molecule has 0 spiro atoms. The molecule has 0 saturated heterocycles. The van der Waals surface area contributed by atoms with E-state index in [0.717, 1.165) is 11.3 Å². The van der Waals surface area contributed by atoms with Crippen LogP contribution in [0.3, 0.4) is 0 Å². The summed E-state index contributed by atoms with van der Waals surface area (Å²) in [4.78, 5) is 13.9. The number of methoxy groups -OCH3 is 1. The second kappa shape index (κ2) is 6.54. The lowest BCUT2D eigenvalue weighted by Gasteiger charge is -2.27. The van der Waals surface area contributed by atoms with Crippen molar-refractivity contribution < 1.29 is 14.6 Å². The Labute approximate surface area is 122 Å². The summed E-state index contributed by atoms with van der Waals surface area (Å²) in [6, 6.07) is 8.77. The van der Waals surface area contributed by atoms with Crippen LogP contribution in [-0.4, -0.2) is 36.7 Å². The third-order valence-electron chi connectivity index (χ3n) is 3.23. The summed E-state index contributed by atoms with van der Waals surface area (Å²) in [7, 11) is 3.30. The van der Waals surface area contributed by atoms with E-state index in [2.05, 4.69) is 0 Å². The highest BCUT2D eigenvalue weighted by molar-refractivity contribution is 7.08. The lowest BCUT2D eigenvalue weighted by atomic mass is 10.1. The van der Waals surface area contributed by atoms with Gasteiger partial charge < -0.3 is 14.7 Å². The van der Waals surface area contributed by atoms with Gasteiger partial charge in [0.1, 0.15) is 5.75 Å². The van der Waals surface area contributed by atoms with Crippen molar-refractivity contribution in [2.24, 2.45) is 0 Å². The van der Waals surface area contributed by atoms with Gasteiger partial charge in [0.2, 0.25) is 0 Å².